The topological polar surface area (TPSA) is 67.8 Å². The Kier molecular flexibility index (Phi) is 5.19. The number of nitrogens with zero attached hydrogens (tertiary/aromatic N) is 3. The molecule has 2 atom stereocenters. The highest BCUT2D eigenvalue weighted by Gasteiger charge is 2.16. The molecule has 0 saturated heterocycles. The Morgan fingerprint density at radius 1 is 1.20 bits per heavy atom. The van der Waals surface area contributed by atoms with Crippen LogP contribution < -0.4 is 10.1 Å². The van der Waals surface area contributed by atoms with Crippen molar-refractivity contribution in [1.82, 2.24) is 25.3 Å². The number of H-pyrrole nitrogens is 1. The second-order valence-electron chi connectivity index (χ2n) is 6.41. The van der Waals surface area contributed by atoms with Gasteiger partial charge in [0, 0.05) is 29.9 Å². The molecule has 0 radical (unpaired) electrons. The van der Waals surface area contributed by atoms with E-state index < -0.39 is 0 Å². The maximum Gasteiger partial charge on any atom is 0.118 e. The van der Waals surface area contributed by atoms with E-state index in [1.807, 2.05) is 41.3 Å². The largest absolute Gasteiger partial charge is 0.497 e. The molecule has 6 nitrogen and oxygen atoms in total. The molecular formula is C19H25N5O. The molecule has 0 amide bonds. The van der Waals surface area contributed by atoms with Crippen LogP contribution in [0.5, 0.6) is 5.75 Å². The number of nitrogens with one attached hydrogen (secondary N) is 2. The molecule has 2 aromatic heterocycles. The summed E-state index contributed by atoms with van der Waals surface area (Å²) in [5.74, 6) is 0.847. The second-order valence-corrected chi connectivity index (χ2v) is 6.41. The van der Waals surface area contributed by atoms with Crippen LogP contribution in [0.15, 0.2) is 42.9 Å². The van der Waals surface area contributed by atoms with E-state index in [0.717, 1.165) is 29.1 Å². The summed E-state index contributed by atoms with van der Waals surface area (Å²) in [4.78, 5) is 0. The lowest BCUT2D eigenvalue weighted by Gasteiger charge is -2.22. The molecule has 0 aliphatic heterocycles. The number of benzene rings is 1. The van der Waals surface area contributed by atoms with Gasteiger partial charge in [0.1, 0.15) is 5.75 Å². The number of hydrogen-bond acceptors (Lipinski definition) is 4. The Morgan fingerprint density at radius 3 is 2.60 bits per heavy atom. The fourth-order valence-electron chi connectivity index (χ4n) is 2.78. The molecule has 2 N–H and O–H groups in total. The Morgan fingerprint density at radius 2 is 1.96 bits per heavy atom. The molecule has 0 spiro atoms. The van der Waals surface area contributed by atoms with Crippen molar-refractivity contribution in [3.63, 3.8) is 0 Å². The van der Waals surface area contributed by atoms with Crippen LogP contribution in [0.2, 0.25) is 0 Å². The maximum atomic E-state index is 5.22. The van der Waals surface area contributed by atoms with Crippen molar-refractivity contribution in [2.24, 2.45) is 0 Å². The third-order valence-electron chi connectivity index (χ3n) is 4.58. The van der Waals surface area contributed by atoms with Gasteiger partial charge in [-0.25, -0.2) is 0 Å². The van der Waals surface area contributed by atoms with Crippen molar-refractivity contribution in [3.05, 3.63) is 54.0 Å². The maximum absolute atomic E-state index is 5.22. The van der Waals surface area contributed by atoms with Crippen molar-refractivity contribution >= 4 is 0 Å². The summed E-state index contributed by atoms with van der Waals surface area (Å²) in [6.45, 7) is 7.14. The van der Waals surface area contributed by atoms with E-state index in [1.54, 1.807) is 7.11 Å². The third kappa shape index (κ3) is 3.91. The van der Waals surface area contributed by atoms with Gasteiger partial charge >= 0.3 is 0 Å². The zero-order valence-electron chi connectivity index (χ0n) is 15.2. The van der Waals surface area contributed by atoms with Crippen LogP contribution in [0.3, 0.4) is 0 Å². The van der Waals surface area contributed by atoms with Gasteiger partial charge in [-0.05, 0) is 50.6 Å². The predicted molar refractivity (Wildman–Crippen MR) is 98.6 cm³/mol. The van der Waals surface area contributed by atoms with Crippen LogP contribution in [-0.4, -0.2) is 33.1 Å². The summed E-state index contributed by atoms with van der Waals surface area (Å²) in [5.41, 5.74) is 4.44. The molecule has 25 heavy (non-hydrogen) atoms. The minimum Gasteiger partial charge on any atom is -0.497 e. The van der Waals surface area contributed by atoms with Gasteiger partial charge in [0.25, 0.3) is 0 Å². The summed E-state index contributed by atoms with van der Waals surface area (Å²) in [6, 6.07) is 8.53. The molecule has 0 aliphatic carbocycles. The highest BCUT2D eigenvalue weighted by Crippen LogP contribution is 2.24. The van der Waals surface area contributed by atoms with Crippen molar-refractivity contribution < 1.29 is 4.74 Å². The van der Waals surface area contributed by atoms with Gasteiger partial charge in [-0.2, -0.15) is 10.2 Å². The lowest BCUT2D eigenvalue weighted by Crippen LogP contribution is -2.33. The lowest BCUT2D eigenvalue weighted by atomic mass is 10.1. The van der Waals surface area contributed by atoms with Gasteiger partial charge in [-0.15, -0.1) is 0 Å². The quantitative estimate of drug-likeness (QED) is 0.693. The van der Waals surface area contributed by atoms with Crippen molar-refractivity contribution in [1.29, 1.82) is 0 Å². The molecule has 2 heterocycles. The summed E-state index contributed by atoms with van der Waals surface area (Å²) in [5, 5.41) is 15.3. The Labute approximate surface area is 148 Å². The van der Waals surface area contributed by atoms with E-state index in [1.165, 1.54) is 5.56 Å². The zero-order valence-corrected chi connectivity index (χ0v) is 15.2. The molecule has 0 fully saturated rings. The van der Waals surface area contributed by atoms with Crippen LogP contribution in [0.1, 0.15) is 31.0 Å². The first kappa shape index (κ1) is 17.2. The molecule has 0 saturated carbocycles. The number of rotatable bonds is 7. The van der Waals surface area contributed by atoms with Crippen molar-refractivity contribution in [3.8, 4) is 17.0 Å². The second kappa shape index (κ2) is 7.53. The number of ether oxygens (including phenoxy) is 1. The van der Waals surface area contributed by atoms with Gasteiger partial charge in [-0.1, -0.05) is 0 Å². The first-order valence-electron chi connectivity index (χ1n) is 8.49. The van der Waals surface area contributed by atoms with Gasteiger partial charge in [0.15, 0.2) is 0 Å². The average molecular weight is 339 g/mol. The van der Waals surface area contributed by atoms with Gasteiger partial charge in [0.2, 0.25) is 0 Å². The molecule has 1 aromatic carbocycles. The van der Waals surface area contributed by atoms with E-state index in [4.69, 9.17) is 4.74 Å². The molecular weight excluding hydrogens is 314 g/mol. The highest BCUT2D eigenvalue weighted by molar-refractivity contribution is 5.63. The van der Waals surface area contributed by atoms with Gasteiger partial charge in [-0.3, -0.25) is 9.78 Å². The fraction of sp³-hybridized carbons (Fsp3) is 0.368. The molecule has 3 rings (SSSR count). The monoisotopic (exact) mass is 339 g/mol. The highest BCUT2D eigenvalue weighted by atomic mass is 16.5. The number of aromatic nitrogens is 4. The van der Waals surface area contributed by atoms with E-state index in [-0.39, 0.29) is 12.1 Å². The van der Waals surface area contributed by atoms with Crippen molar-refractivity contribution in [2.45, 2.75) is 39.4 Å². The van der Waals surface area contributed by atoms with Gasteiger partial charge in [0.05, 0.1) is 31.2 Å². The smallest absolute Gasteiger partial charge is 0.118 e. The lowest BCUT2D eigenvalue weighted by molar-refractivity contribution is 0.365. The van der Waals surface area contributed by atoms with Crippen LogP contribution in [0, 0.1) is 6.92 Å². The molecule has 132 valence electrons. The normalized spacial score (nSPS) is 13.6. The van der Waals surface area contributed by atoms with Crippen LogP contribution >= 0.6 is 0 Å². The molecule has 3 aromatic rings. The number of aryl methyl sites for hydroxylation is 1. The summed E-state index contributed by atoms with van der Waals surface area (Å²) in [6.07, 6.45) is 5.84. The van der Waals surface area contributed by atoms with Crippen LogP contribution in [-0.2, 0) is 6.54 Å². The third-order valence-corrected chi connectivity index (χ3v) is 4.58. The number of hydrogen-bond donors (Lipinski definition) is 2. The van der Waals surface area contributed by atoms with Crippen LogP contribution in [0.4, 0.5) is 0 Å². The van der Waals surface area contributed by atoms with E-state index in [9.17, 15) is 0 Å². The summed E-state index contributed by atoms with van der Waals surface area (Å²) >= 11 is 0. The molecule has 6 heteroatoms. The van der Waals surface area contributed by atoms with Crippen LogP contribution in [0.25, 0.3) is 11.3 Å². The minimum atomic E-state index is 0.269. The van der Waals surface area contributed by atoms with Gasteiger partial charge < -0.3 is 10.1 Å². The van der Waals surface area contributed by atoms with E-state index in [2.05, 4.69) is 47.6 Å². The fourth-order valence-corrected chi connectivity index (χ4v) is 2.78. The van der Waals surface area contributed by atoms with Crippen molar-refractivity contribution in [2.75, 3.05) is 7.11 Å². The Hall–Kier alpha value is -2.60. The predicted octanol–water partition coefficient (Wildman–Crippen LogP) is 3.33. The Balaban J connectivity index is 1.66. The summed E-state index contributed by atoms with van der Waals surface area (Å²) < 4.78 is 7.23. The van der Waals surface area contributed by atoms with E-state index in [0.29, 0.717) is 0 Å². The standard InChI is InChI=1S/C19H25N5O/c1-13-9-22-24(12-13)15(3)14(2)20-10-17-11-21-23-19(17)16-5-7-18(25-4)8-6-16/h5-9,11-12,14-15,20H,10H2,1-4H3,(H,21,23)/t14-,15-/m0/s1. The molecule has 0 bridgehead atoms. The summed E-state index contributed by atoms with van der Waals surface area (Å²) in [7, 11) is 1.67. The SMILES string of the molecule is COc1ccc(-c2[nH]ncc2CN[C@@H](C)[C@H](C)n2cc(C)cn2)cc1. The zero-order chi connectivity index (χ0) is 17.8. The molecule has 0 aliphatic rings. The average Bonchev–Trinajstić information content (AvgIpc) is 3.28. The number of methoxy groups -OCH3 is 1. The van der Waals surface area contributed by atoms with E-state index >= 15 is 0 Å². The first-order chi connectivity index (χ1) is 12.1. The molecule has 0 unspecified atom stereocenters. The minimum absolute atomic E-state index is 0.269. The number of aromatic amines is 1. The Bertz CT molecular complexity index is 805. The first-order valence-corrected chi connectivity index (χ1v) is 8.49.